The number of nitrogens with zero attached hydrogens (tertiary/aromatic N) is 5. The second-order valence-electron chi connectivity index (χ2n) is 6.59. The van der Waals surface area contributed by atoms with Crippen LogP contribution >= 0.6 is 0 Å². The van der Waals surface area contributed by atoms with Crippen molar-refractivity contribution < 1.29 is 13.9 Å². The molecule has 0 bridgehead atoms. The first-order valence-electron chi connectivity index (χ1n) is 9.09. The summed E-state index contributed by atoms with van der Waals surface area (Å²) in [6.45, 7) is 7.40. The van der Waals surface area contributed by atoms with Crippen LogP contribution in [0.4, 0.5) is 4.39 Å². The Kier molecular flexibility index (Phi) is 5.77. The van der Waals surface area contributed by atoms with E-state index >= 15 is 0 Å². The number of amides is 1. The molecule has 1 amide bonds. The molecule has 0 aliphatic rings. The lowest BCUT2D eigenvalue weighted by molar-refractivity contribution is 0.0776. The van der Waals surface area contributed by atoms with Crippen molar-refractivity contribution in [3.05, 3.63) is 65.0 Å². The Hall–Kier alpha value is -3.16. The van der Waals surface area contributed by atoms with Crippen molar-refractivity contribution in [2.24, 2.45) is 0 Å². The molecular formula is C20H24FN5O2. The number of carbonyl (C=O) groups is 1. The third-order valence-corrected chi connectivity index (χ3v) is 4.61. The molecule has 0 aliphatic carbocycles. The molecule has 0 fully saturated rings. The quantitative estimate of drug-likeness (QED) is 0.627. The number of aromatic nitrogens is 4. The van der Waals surface area contributed by atoms with Gasteiger partial charge in [0, 0.05) is 37.6 Å². The molecule has 0 saturated carbocycles. The number of hydrogen-bond acceptors (Lipinski definition) is 4. The Morgan fingerprint density at radius 2 is 1.89 bits per heavy atom. The zero-order chi connectivity index (χ0) is 20.3. The SMILES string of the molecule is CCn1nc(C)c(CN(C)C(=O)c2ccn(COc3ccc(F)cc3)n2)c1C. The summed E-state index contributed by atoms with van der Waals surface area (Å²) in [7, 11) is 1.75. The fraction of sp³-hybridized carbons (Fsp3) is 0.350. The van der Waals surface area contributed by atoms with E-state index in [1.807, 2.05) is 25.5 Å². The van der Waals surface area contributed by atoms with Gasteiger partial charge in [-0.2, -0.15) is 10.2 Å². The lowest BCUT2D eigenvalue weighted by atomic mass is 10.2. The molecular weight excluding hydrogens is 361 g/mol. The van der Waals surface area contributed by atoms with E-state index < -0.39 is 0 Å². The van der Waals surface area contributed by atoms with Crippen molar-refractivity contribution in [3.8, 4) is 5.75 Å². The van der Waals surface area contributed by atoms with Gasteiger partial charge in [0.25, 0.3) is 5.91 Å². The van der Waals surface area contributed by atoms with Crippen molar-refractivity contribution in [2.45, 2.75) is 40.6 Å². The largest absolute Gasteiger partial charge is 0.471 e. The minimum atomic E-state index is -0.322. The first kappa shape index (κ1) is 19.6. The van der Waals surface area contributed by atoms with Gasteiger partial charge in [-0.15, -0.1) is 0 Å². The molecule has 0 spiro atoms. The number of halogens is 1. The molecule has 8 heteroatoms. The second kappa shape index (κ2) is 8.24. The number of ether oxygens (including phenoxy) is 1. The molecule has 0 atom stereocenters. The number of rotatable bonds is 7. The Morgan fingerprint density at radius 3 is 2.54 bits per heavy atom. The normalized spacial score (nSPS) is 10.9. The zero-order valence-electron chi connectivity index (χ0n) is 16.5. The first-order chi connectivity index (χ1) is 13.4. The van der Waals surface area contributed by atoms with Gasteiger partial charge < -0.3 is 9.64 Å². The molecule has 28 heavy (non-hydrogen) atoms. The summed E-state index contributed by atoms with van der Waals surface area (Å²) in [5.74, 6) is 0.0293. The molecule has 0 radical (unpaired) electrons. The highest BCUT2D eigenvalue weighted by atomic mass is 19.1. The fourth-order valence-electron chi connectivity index (χ4n) is 2.99. The number of hydrogen-bond donors (Lipinski definition) is 0. The Morgan fingerprint density at radius 1 is 1.18 bits per heavy atom. The first-order valence-corrected chi connectivity index (χ1v) is 9.09. The molecule has 0 unspecified atom stereocenters. The van der Waals surface area contributed by atoms with Crippen LogP contribution in [0.3, 0.4) is 0 Å². The van der Waals surface area contributed by atoms with Gasteiger partial charge in [0.05, 0.1) is 5.69 Å². The highest BCUT2D eigenvalue weighted by molar-refractivity contribution is 5.92. The molecule has 0 saturated heterocycles. The van der Waals surface area contributed by atoms with Crippen molar-refractivity contribution >= 4 is 5.91 Å². The van der Waals surface area contributed by atoms with Gasteiger partial charge in [0.1, 0.15) is 11.6 Å². The van der Waals surface area contributed by atoms with Crippen LogP contribution in [0.5, 0.6) is 5.75 Å². The van der Waals surface area contributed by atoms with Gasteiger partial charge in [-0.25, -0.2) is 9.07 Å². The summed E-state index contributed by atoms with van der Waals surface area (Å²) in [5, 5.41) is 8.77. The zero-order valence-corrected chi connectivity index (χ0v) is 16.5. The fourth-order valence-corrected chi connectivity index (χ4v) is 2.99. The predicted octanol–water partition coefficient (Wildman–Crippen LogP) is 3.16. The summed E-state index contributed by atoms with van der Waals surface area (Å²) in [4.78, 5) is 14.3. The van der Waals surface area contributed by atoms with Crippen LogP contribution in [0.2, 0.25) is 0 Å². The molecule has 2 heterocycles. The average Bonchev–Trinajstić information content (AvgIpc) is 3.26. The van der Waals surface area contributed by atoms with Crippen LogP contribution in [-0.2, 0) is 19.8 Å². The number of aryl methyl sites for hydroxylation is 2. The third-order valence-electron chi connectivity index (χ3n) is 4.61. The molecule has 7 nitrogen and oxygen atoms in total. The topological polar surface area (TPSA) is 65.2 Å². The molecule has 2 aromatic heterocycles. The maximum atomic E-state index is 12.9. The van der Waals surface area contributed by atoms with E-state index in [-0.39, 0.29) is 18.5 Å². The number of benzene rings is 1. The van der Waals surface area contributed by atoms with Crippen molar-refractivity contribution in [1.82, 2.24) is 24.5 Å². The Labute approximate surface area is 163 Å². The van der Waals surface area contributed by atoms with Gasteiger partial charge in [0.15, 0.2) is 12.4 Å². The summed E-state index contributed by atoms with van der Waals surface area (Å²) < 4.78 is 21.9. The lowest BCUT2D eigenvalue weighted by Crippen LogP contribution is -2.27. The molecule has 148 valence electrons. The van der Waals surface area contributed by atoms with E-state index in [0.717, 1.165) is 23.5 Å². The predicted molar refractivity (Wildman–Crippen MR) is 102 cm³/mol. The van der Waals surface area contributed by atoms with Gasteiger partial charge in [-0.3, -0.25) is 9.48 Å². The van der Waals surface area contributed by atoms with Crippen LogP contribution < -0.4 is 4.74 Å². The van der Waals surface area contributed by atoms with Crippen LogP contribution in [0.1, 0.15) is 34.4 Å². The minimum Gasteiger partial charge on any atom is -0.471 e. The second-order valence-corrected chi connectivity index (χ2v) is 6.59. The van der Waals surface area contributed by atoms with Crippen molar-refractivity contribution in [3.63, 3.8) is 0 Å². The molecule has 3 rings (SSSR count). The van der Waals surface area contributed by atoms with E-state index in [4.69, 9.17) is 4.74 Å². The number of carbonyl (C=O) groups excluding carboxylic acids is 1. The molecule has 0 aliphatic heterocycles. The van der Waals surface area contributed by atoms with E-state index in [1.165, 1.54) is 16.8 Å². The third kappa shape index (κ3) is 4.21. The van der Waals surface area contributed by atoms with Gasteiger partial charge in [0.2, 0.25) is 0 Å². The van der Waals surface area contributed by atoms with E-state index in [9.17, 15) is 9.18 Å². The highest BCUT2D eigenvalue weighted by Crippen LogP contribution is 2.16. The van der Waals surface area contributed by atoms with E-state index in [2.05, 4.69) is 10.2 Å². The Bertz CT molecular complexity index is 962. The van der Waals surface area contributed by atoms with Gasteiger partial charge in [-0.05, 0) is 51.1 Å². The van der Waals surface area contributed by atoms with Crippen LogP contribution in [0.25, 0.3) is 0 Å². The van der Waals surface area contributed by atoms with Crippen LogP contribution in [-0.4, -0.2) is 37.4 Å². The van der Waals surface area contributed by atoms with Crippen LogP contribution in [0.15, 0.2) is 36.5 Å². The summed E-state index contributed by atoms with van der Waals surface area (Å²) in [5.41, 5.74) is 3.38. The minimum absolute atomic E-state index is 0.129. The smallest absolute Gasteiger partial charge is 0.274 e. The van der Waals surface area contributed by atoms with E-state index in [0.29, 0.717) is 18.0 Å². The van der Waals surface area contributed by atoms with Crippen molar-refractivity contribution in [1.29, 1.82) is 0 Å². The molecule has 0 N–H and O–H groups in total. The molecule has 1 aromatic carbocycles. The lowest BCUT2D eigenvalue weighted by Gasteiger charge is -2.16. The van der Waals surface area contributed by atoms with Crippen molar-refractivity contribution in [2.75, 3.05) is 7.05 Å². The monoisotopic (exact) mass is 385 g/mol. The van der Waals surface area contributed by atoms with Crippen LogP contribution in [0, 0.1) is 19.7 Å². The van der Waals surface area contributed by atoms with Gasteiger partial charge >= 0.3 is 0 Å². The summed E-state index contributed by atoms with van der Waals surface area (Å²) >= 11 is 0. The summed E-state index contributed by atoms with van der Waals surface area (Å²) in [6, 6.07) is 7.39. The summed E-state index contributed by atoms with van der Waals surface area (Å²) in [6.07, 6.45) is 1.68. The highest BCUT2D eigenvalue weighted by Gasteiger charge is 2.19. The standard InChI is InChI=1S/C20H24FN5O2/c1-5-26-15(3)18(14(2)22-26)12-24(4)20(27)19-10-11-25(23-19)13-28-17-8-6-16(21)7-9-17/h6-11H,5,12-13H2,1-4H3. The molecule has 3 aromatic rings. The maximum absolute atomic E-state index is 12.9. The average molecular weight is 385 g/mol. The Balaban J connectivity index is 1.63. The van der Waals surface area contributed by atoms with Gasteiger partial charge in [-0.1, -0.05) is 0 Å². The van der Waals surface area contributed by atoms with E-state index in [1.54, 1.807) is 36.3 Å². The maximum Gasteiger partial charge on any atom is 0.274 e.